The summed E-state index contributed by atoms with van der Waals surface area (Å²) < 4.78 is 4.82. The van der Waals surface area contributed by atoms with Crippen molar-refractivity contribution in [2.45, 2.75) is 32.9 Å². The van der Waals surface area contributed by atoms with Gasteiger partial charge in [-0.25, -0.2) is 4.79 Å². The maximum Gasteiger partial charge on any atom is 0.328 e. The van der Waals surface area contributed by atoms with Gasteiger partial charge in [-0.3, -0.25) is 14.6 Å². The first-order chi connectivity index (χ1) is 12.0. The first-order valence-corrected chi connectivity index (χ1v) is 9.75. The molecule has 1 aliphatic heterocycles. The third-order valence-corrected chi connectivity index (χ3v) is 5.64. The van der Waals surface area contributed by atoms with Crippen LogP contribution in [0.3, 0.4) is 0 Å². The van der Waals surface area contributed by atoms with Gasteiger partial charge in [-0.05, 0) is 17.4 Å². The van der Waals surface area contributed by atoms with E-state index in [0.29, 0.717) is 6.54 Å². The second kappa shape index (κ2) is 9.89. The van der Waals surface area contributed by atoms with E-state index in [-0.39, 0.29) is 17.8 Å². The Morgan fingerprint density at radius 2 is 1.96 bits per heavy atom. The van der Waals surface area contributed by atoms with Crippen LogP contribution in [0.15, 0.2) is 17.5 Å². The van der Waals surface area contributed by atoms with Gasteiger partial charge in [0.2, 0.25) is 5.91 Å². The van der Waals surface area contributed by atoms with Crippen molar-refractivity contribution >= 4 is 23.2 Å². The van der Waals surface area contributed by atoms with Gasteiger partial charge in [0, 0.05) is 37.6 Å². The van der Waals surface area contributed by atoms with Crippen LogP contribution in [0.25, 0.3) is 0 Å². The van der Waals surface area contributed by atoms with Crippen LogP contribution in [0.4, 0.5) is 0 Å². The molecule has 2 atom stereocenters. The number of ether oxygens (including phenoxy) is 1. The molecule has 1 aliphatic rings. The third kappa shape index (κ3) is 6.09. The van der Waals surface area contributed by atoms with Gasteiger partial charge in [0.05, 0.1) is 13.7 Å². The molecule has 0 spiro atoms. The summed E-state index contributed by atoms with van der Waals surface area (Å²) in [6, 6.07) is 3.67. The summed E-state index contributed by atoms with van der Waals surface area (Å²) >= 11 is 1.78. The summed E-state index contributed by atoms with van der Waals surface area (Å²) in [4.78, 5) is 30.1. The van der Waals surface area contributed by atoms with Gasteiger partial charge in [0.15, 0.2) is 0 Å². The van der Waals surface area contributed by atoms with E-state index in [0.717, 1.165) is 39.1 Å². The maximum absolute atomic E-state index is 12.3. The minimum absolute atomic E-state index is 0.0547. The van der Waals surface area contributed by atoms with Crippen molar-refractivity contribution in [2.75, 3.05) is 39.8 Å². The van der Waals surface area contributed by atoms with E-state index in [1.807, 2.05) is 13.8 Å². The molecule has 6 nitrogen and oxygen atoms in total. The number of hydrogen-bond donors (Lipinski definition) is 1. The van der Waals surface area contributed by atoms with E-state index >= 15 is 0 Å². The molecule has 0 radical (unpaired) electrons. The van der Waals surface area contributed by atoms with E-state index in [2.05, 4.69) is 32.6 Å². The summed E-state index contributed by atoms with van der Waals surface area (Å²) in [7, 11) is 1.36. The summed E-state index contributed by atoms with van der Waals surface area (Å²) in [6.07, 6.45) is 0.807. The van der Waals surface area contributed by atoms with Crippen molar-refractivity contribution < 1.29 is 14.3 Å². The zero-order chi connectivity index (χ0) is 18.2. The fraction of sp³-hybridized carbons (Fsp3) is 0.667. The van der Waals surface area contributed by atoms with E-state index < -0.39 is 6.04 Å². The molecule has 2 rings (SSSR count). The third-order valence-electron chi connectivity index (χ3n) is 4.78. The number of esters is 1. The largest absolute Gasteiger partial charge is 0.467 e. The standard InChI is InChI=1S/C18H29N3O3S/c1-4-14(2)17(18(23)24-3)19-16(22)13-21-9-7-20(8-10-21)12-15-6-5-11-25-15/h5-6,11,14,17H,4,7-10,12-13H2,1-3H3,(H,19,22). The highest BCUT2D eigenvalue weighted by Crippen LogP contribution is 2.14. The van der Waals surface area contributed by atoms with Crippen molar-refractivity contribution in [3.63, 3.8) is 0 Å². The van der Waals surface area contributed by atoms with Gasteiger partial charge in [-0.15, -0.1) is 11.3 Å². The monoisotopic (exact) mass is 367 g/mol. The first kappa shape index (κ1) is 19.9. The lowest BCUT2D eigenvalue weighted by Gasteiger charge is -2.34. The molecule has 1 aromatic rings. The van der Waals surface area contributed by atoms with E-state index in [1.54, 1.807) is 11.3 Å². The molecule has 0 bridgehead atoms. The predicted octanol–water partition coefficient (Wildman–Crippen LogP) is 1.57. The fourth-order valence-electron chi connectivity index (χ4n) is 2.95. The molecule has 25 heavy (non-hydrogen) atoms. The molecule has 0 aliphatic carbocycles. The Bertz CT molecular complexity index is 542. The quantitative estimate of drug-likeness (QED) is 0.707. The number of rotatable bonds is 8. The highest BCUT2D eigenvalue weighted by Gasteiger charge is 2.27. The van der Waals surface area contributed by atoms with E-state index in [4.69, 9.17) is 4.74 Å². The highest BCUT2D eigenvalue weighted by atomic mass is 32.1. The molecule has 7 heteroatoms. The number of nitrogens with zero attached hydrogens (tertiary/aromatic N) is 2. The van der Waals surface area contributed by atoms with Crippen LogP contribution < -0.4 is 5.32 Å². The number of carbonyl (C=O) groups is 2. The second-order valence-electron chi connectivity index (χ2n) is 6.59. The molecule has 0 saturated carbocycles. The average Bonchev–Trinajstić information content (AvgIpc) is 3.13. The number of carbonyl (C=O) groups excluding carboxylic acids is 2. The molecule has 1 aromatic heterocycles. The molecule has 0 aromatic carbocycles. The maximum atomic E-state index is 12.3. The van der Waals surface area contributed by atoms with Crippen molar-refractivity contribution in [3.05, 3.63) is 22.4 Å². The summed E-state index contributed by atoms with van der Waals surface area (Å²) in [5.41, 5.74) is 0. The lowest BCUT2D eigenvalue weighted by molar-refractivity contribution is -0.146. The van der Waals surface area contributed by atoms with Gasteiger partial charge < -0.3 is 10.1 Å². The van der Waals surface area contributed by atoms with Gasteiger partial charge in [0.25, 0.3) is 0 Å². The van der Waals surface area contributed by atoms with Crippen LogP contribution in [0.2, 0.25) is 0 Å². The van der Waals surface area contributed by atoms with Crippen LogP contribution >= 0.6 is 11.3 Å². The van der Waals surface area contributed by atoms with E-state index in [9.17, 15) is 9.59 Å². The van der Waals surface area contributed by atoms with Gasteiger partial charge in [0.1, 0.15) is 6.04 Å². The van der Waals surface area contributed by atoms with Crippen LogP contribution in [-0.4, -0.2) is 67.6 Å². The Hall–Kier alpha value is -1.44. The summed E-state index contributed by atoms with van der Waals surface area (Å²) in [5.74, 6) is -0.426. The van der Waals surface area contributed by atoms with Gasteiger partial charge >= 0.3 is 5.97 Å². The Morgan fingerprint density at radius 1 is 1.28 bits per heavy atom. The second-order valence-corrected chi connectivity index (χ2v) is 7.62. The highest BCUT2D eigenvalue weighted by molar-refractivity contribution is 7.09. The molecule has 1 saturated heterocycles. The number of nitrogens with one attached hydrogen (secondary N) is 1. The molecule has 2 heterocycles. The lowest BCUT2D eigenvalue weighted by Crippen LogP contribution is -2.52. The molecular formula is C18H29N3O3S. The Labute approximate surface area is 154 Å². The first-order valence-electron chi connectivity index (χ1n) is 8.87. The normalized spacial score (nSPS) is 18.5. The zero-order valence-corrected chi connectivity index (χ0v) is 16.2. The minimum atomic E-state index is -0.567. The molecular weight excluding hydrogens is 338 g/mol. The average molecular weight is 368 g/mol. The Kier molecular flexibility index (Phi) is 7.87. The lowest BCUT2D eigenvalue weighted by atomic mass is 9.99. The number of methoxy groups -OCH3 is 1. The molecule has 1 amide bonds. The van der Waals surface area contributed by atoms with Crippen LogP contribution in [0.5, 0.6) is 0 Å². The minimum Gasteiger partial charge on any atom is -0.467 e. The topological polar surface area (TPSA) is 61.9 Å². The van der Waals surface area contributed by atoms with Crippen molar-refractivity contribution in [3.8, 4) is 0 Å². The van der Waals surface area contributed by atoms with Gasteiger partial charge in [-0.2, -0.15) is 0 Å². The van der Waals surface area contributed by atoms with Crippen LogP contribution in [-0.2, 0) is 20.9 Å². The van der Waals surface area contributed by atoms with Crippen LogP contribution in [0.1, 0.15) is 25.1 Å². The Balaban J connectivity index is 1.76. The molecule has 140 valence electrons. The number of amides is 1. The fourth-order valence-corrected chi connectivity index (χ4v) is 3.69. The number of thiophene rings is 1. The van der Waals surface area contributed by atoms with E-state index in [1.165, 1.54) is 12.0 Å². The molecule has 2 unspecified atom stereocenters. The Morgan fingerprint density at radius 3 is 2.52 bits per heavy atom. The van der Waals surface area contributed by atoms with Crippen molar-refractivity contribution in [1.82, 2.24) is 15.1 Å². The van der Waals surface area contributed by atoms with Gasteiger partial charge in [-0.1, -0.05) is 26.3 Å². The summed E-state index contributed by atoms with van der Waals surface area (Å²) in [6.45, 7) is 8.90. The van der Waals surface area contributed by atoms with Crippen LogP contribution in [0, 0.1) is 5.92 Å². The van der Waals surface area contributed by atoms with Crippen molar-refractivity contribution in [2.24, 2.45) is 5.92 Å². The summed E-state index contributed by atoms with van der Waals surface area (Å²) in [5, 5.41) is 4.95. The number of piperazine rings is 1. The molecule has 1 fully saturated rings. The predicted molar refractivity (Wildman–Crippen MR) is 99.4 cm³/mol. The van der Waals surface area contributed by atoms with Crippen molar-refractivity contribution in [1.29, 1.82) is 0 Å². The molecule has 1 N–H and O–H groups in total. The zero-order valence-electron chi connectivity index (χ0n) is 15.4. The number of hydrogen-bond acceptors (Lipinski definition) is 6. The SMILES string of the molecule is CCC(C)C(NC(=O)CN1CCN(Cc2cccs2)CC1)C(=O)OC. The smallest absolute Gasteiger partial charge is 0.328 e.